The number of hydrogen-bond acceptors (Lipinski definition) is 3. The number of carbonyl (C=O) groups is 2. The predicted molar refractivity (Wildman–Crippen MR) is 73.7 cm³/mol. The number of hydrogen-bond donors (Lipinski definition) is 1. The number of carbonyl (C=O) groups excluding carboxylic acids is 2. The van der Waals surface area contributed by atoms with Crippen LogP contribution in [-0.2, 0) is 9.59 Å². The minimum Gasteiger partial charge on any atom is -0.334 e. The molecule has 5 nitrogen and oxygen atoms in total. The van der Waals surface area contributed by atoms with Crippen LogP contribution in [0.25, 0.3) is 0 Å². The molecule has 2 fully saturated rings. The molecule has 1 N–H and O–H groups in total. The summed E-state index contributed by atoms with van der Waals surface area (Å²) < 4.78 is 0. The molecule has 0 aromatic rings. The summed E-state index contributed by atoms with van der Waals surface area (Å²) in [6.07, 6.45) is 4.59. The first kappa shape index (κ1) is 14.3. The smallest absolute Gasteiger partial charge is 0.312 e. The summed E-state index contributed by atoms with van der Waals surface area (Å²) in [7, 11) is 0. The third kappa shape index (κ3) is 3.69. The normalized spacial score (nSPS) is 20.6. The second-order valence-corrected chi connectivity index (χ2v) is 5.54. The lowest BCUT2D eigenvalue weighted by molar-refractivity contribution is -0.152. The van der Waals surface area contributed by atoms with Crippen LogP contribution in [0.15, 0.2) is 0 Å². The number of rotatable bonds is 3. The van der Waals surface area contributed by atoms with Gasteiger partial charge in [0.05, 0.1) is 0 Å². The molecule has 1 heterocycles. The van der Waals surface area contributed by atoms with Crippen LogP contribution >= 0.6 is 0 Å². The van der Waals surface area contributed by atoms with Gasteiger partial charge in [-0.15, -0.1) is 0 Å². The Morgan fingerprint density at radius 3 is 2.63 bits per heavy atom. The van der Waals surface area contributed by atoms with Crippen molar-refractivity contribution in [1.29, 1.82) is 0 Å². The van der Waals surface area contributed by atoms with E-state index in [-0.39, 0.29) is 11.8 Å². The van der Waals surface area contributed by atoms with Gasteiger partial charge in [-0.1, -0.05) is 6.42 Å². The molecular weight excluding hydrogens is 242 g/mol. The van der Waals surface area contributed by atoms with Crippen molar-refractivity contribution in [3.05, 3.63) is 0 Å². The van der Waals surface area contributed by atoms with Crippen LogP contribution in [0.2, 0.25) is 0 Å². The Balaban J connectivity index is 1.89. The molecule has 1 saturated heterocycles. The highest BCUT2D eigenvalue weighted by atomic mass is 16.2. The van der Waals surface area contributed by atoms with Crippen molar-refractivity contribution >= 4 is 11.8 Å². The van der Waals surface area contributed by atoms with E-state index in [9.17, 15) is 9.59 Å². The fourth-order valence-corrected chi connectivity index (χ4v) is 2.66. The topological polar surface area (TPSA) is 52.7 Å². The maximum Gasteiger partial charge on any atom is 0.312 e. The van der Waals surface area contributed by atoms with Crippen LogP contribution in [0.5, 0.6) is 0 Å². The Kier molecular flexibility index (Phi) is 5.19. The van der Waals surface area contributed by atoms with Crippen molar-refractivity contribution in [2.75, 3.05) is 39.3 Å². The van der Waals surface area contributed by atoms with Gasteiger partial charge in [0.15, 0.2) is 0 Å². The minimum atomic E-state index is -0.315. The first-order chi connectivity index (χ1) is 9.22. The average molecular weight is 267 g/mol. The van der Waals surface area contributed by atoms with E-state index in [1.807, 2.05) is 6.92 Å². The van der Waals surface area contributed by atoms with Crippen molar-refractivity contribution in [3.63, 3.8) is 0 Å². The van der Waals surface area contributed by atoms with Crippen LogP contribution in [0.4, 0.5) is 0 Å². The third-order valence-electron chi connectivity index (χ3n) is 4.18. The molecule has 0 atom stereocenters. The lowest BCUT2D eigenvalue weighted by Gasteiger charge is -2.32. The molecular formula is C14H25N3O2. The second-order valence-electron chi connectivity index (χ2n) is 5.54. The first-order valence-corrected chi connectivity index (χ1v) is 7.51. The van der Waals surface area contributed by atoms with E-state index in [0.717, 1.165) is 26.1 Å². The summed E-state index contributed by atoms with van der Waals surface area (Å²) in [5.74, 6) is -0.0105. The average Bonchev–Trinajstić information content (AvgIpc) is 2.65. The molecule has 2 aliphatic rings. The fraction of sp³-hybridized carbons (Fsp3) is 0.857. The molecule has 1 saturated carbocycles. The zero-order valence-corrected chi connectivity index (χ0v) is 11.9. The van der Waals surface area contributed by atoms with Gasteiger partial charge in [-0.25, -0.2) is 0 Å². The highest BCUT2D eigenvalue weighted by Crippen LogP contribution is 2.27. The summed E-state index contributed by atoms with van der Waals surface area (Å²) in [6.45, 7) is 6.39. The maximum absolute atomic E-state index is 12.3. The second kappa shape index (κ2) is 6.89. The van der Waals surface area contributed by atoms with Crippen LogP contribution in [0, 0.1) is 5.92 Å². The Morgan fingerprint density at radius 2 is 2.00 bits per heavy atom. The van der Waals surface area contributed by atoms with Crippen molar-refractivity contribution in [2.45, 2.75) is 32.6 Å². The lowest BCUT2D eigenvalue weighted by atomic mass is 9.85. The zero-order valence-electron chi connectivity index (χ0n) is 11.9. The molecule has 1 aliphatic carbocycles. The van der Waals surface area contributed by atoms with E-state index in [4.69, 9.17) is 0 Å². The van der Waals surface area contributed by atoms with Crippen molar-refractivity contribution in [1.82, 2.24) is 15.1 Å². The van der Waals surface area contributed by atoms with Crippen molar-refractivity contribution < 1.29 is 9.59 Å². The summed E-state index contributed by atoms with van der Waals surface area (Å²) in [5, 5.41) is 3.25. The van der Waals surface area contributed by atoms with E-state index < -0.39 is 0 Å². The molecule has 0 spiro atoms. The van der Waals surface area contributed by atoms with Gasteiger partial charge in [-0.3, -0.25) is 9.59 Å². The Morgan fingerprint density at radius 1 is 1.21 bits per heavy atom. The molecule has 0 unspecified atom stereocenters. The Labute approximate surface area is 115 Å². The Hall–Kier alpha value is -1.10. The monoisotopic (exact) mass is 267 g/mol. The van der Waals surface area contributed by atoms with Crippen molar-refractivity contribution in [3.8, 4) is 0 Å². The zero-order chi connectivity index (χ0) is 13.7. The number of likely N-dealkylation sites (N-methyl/N-ethyl adjacent to an activating group) is 1. The molecule has 2 rings (SSSR count). The molecule has 5 heteroatoms. The van der Waals surface area contributed by atoms with E-state index in [1.54, 1.807) is 9.80 Å². The van der Waals surface area contributed by atoms with Gasteiger partial charge in [0.1, 0.15) is 0 Å². The van der Waals surface area contributed by atoms with Crippen LogP contribution < -0.4 is 5.32 Å². The molecule has 0 radical (unpaired) electrons. The standard InChI is InChI=1S/C14H25N3O2/c1-2-16(11-12-5-3-6-12)13(18)14(19)17-9-4-7-15-8-10-17/h12,15H,2-11H2,1H3. The summed E-state index contributed by atoms with van der Waals surface area (Å²) >= 11 is 0. The number of nitrogens with zero attached hydrogens (tertiary/aromatic N) is 2. The largest absolute Gasteiger partial charge is 0.334 e. The molecule has 2 amide bonds. The maximum atomic E-state index is 12.3. The summed E-state index contributed by atoms with van der Waals surface area (Å²) in [6, 6.07) is 0. The van der Waals surface area contributed by atoms with Gasteiger partial charge in [-0.05, 0) is 38.6 Å². The fourth-order valence-electron chi connectivity index (χ4n) is 2.66. The number of amides is 2. The highest BCUT2D eigenvalue weighted by Gasteiger charge is 2.29. The van der Waals surface area contributed by atoms with Gasteiger partial charge in [-0.2, -0.15) is 0 Å². The number of nitrogens with one attached hydrogen (secondary N) is 1. The van der Waals surface area contributed by atoms with Crippen molar-refractivity contribution in [2.24, 2.45) is 5.92 Å². The molecule has 19 heavy (non-hydrogen) atoms. The minimum absolute atomic E-state index is 0.309. The Bertz CT molecular complexity index is 321. The van der Waals surface area contributed by atoms with E-state index in [0.29, 0.717) is 25.6 Å². The molecule has 0 aromatic heterocycles. The van der Waals surface area contributed by atoms with Gasteiger partial charge in [0, 0.05) is 32.7 Å². The highest BCUT2D eigenvalue weighted by molar-refractivity contribution is 6.34. The van der Waals surface area contributed by atoms with Crippen LogP contribution in [0.1, 0.15) is 32.6 Å². The lowest BCUT2D eigenvalue weighted by Crippen LogP contribution is -2.48. The SMILES string of the molecule is CCN(CC1CCC1)C(=O)C(=O)N1CCCNCC1. The van der Waals surface area contributed by atoms with Gasteiger partial charge in [0.2, 0.25) is 0 Å². The molecule has 0 bridgehead atoms. The van der Waals surface area contributed by atoms with Crippen LogP contribution in [-0.4, -0.2) is 60.9 Å². The molecule has 0 aromatic carbocycles. The first-order valence-electron chi connectivity index (χ1n) is 7.51. The molecule has 108 valence electrons. The van der Waals surface area contributed by atoms with E-state index in [1.165, 1.54) is 19.3 Å². The predicted octanol–water partition coefficient (Wildman–Crippen LogP) is 0.457. The van der Waals surface area contributed by atoms with Crippen LogP contribution in [0.3, 0.4) is 0 Å². The summed E-state index contributed by atoms with van der Waals surface area (Å²) in [5.41, 5.74) is 0. The van der Waals surface area contributed by atoms with Gasteiger partial charge < -0.3 is 15.1 Å². The quantitative estimate of drug-likeness (QED) is 0.756. The van der Waals surface area contributed by atoms with E-state index >= 15 is 0 Å². The summed E-state index contributed by atoms with van der Waals surface area (Å²) in [4.78, 5) is 27.9. The molecule has 1 aliphatic heterocycles. The third-order valence-corrected chi connectivity index (χ3v) is 4.18. The van der Waals surface area contributed by atoms with E-state index in [2.05, 4.69) is 5.32 Å². The van der Waals surface area contributed by atoms with Gasteiger partial charge >= 0.3 is 11.8 Å². The van der Waals surface area contributed by atoms with Gasteiger partial charge in [0.25, 0.3) is 0 Å².